The molecular formula is C17H22N2O3. The number of likely N-dealkylation sites (tertiary alicyclic amines) is 1. The maximum absolute atomic E-state index is 12.7. The molecule has 1 saturated heterocycles. The summed E-state index contributed by atoms with van der Waals surface area (Å²) in [5, 5.41) is 0. The number of hydrogen-bond donors (Lipinski definition) is 1. The number of Topliss-reactive ketones (excluding diaryl/α,β-unsaturated/α-hetero) is 1. The average molecular weight is 302 g/mol. The van der Waals surface area contributed by atoms with E-state index in [1.54, 1.807) is 4.90 Å². The minimum absolute atomic E-state index is 0.00903. The molecule has 0 saturated carbocycles. The lowest BCUT2D eigenvalue weighted by molar-refractivity contribution is -0.0882. The van der Waals surface area contributed by atoms with E-state index in [-0.39, 0.29) is 33.8 Å². The van der Waals surface area contributed by atoms with Crippen molar-refractivity contribution in [1.29, 1.82) is 0 Å². The van der Waals surface area contributed by atoms with Crippen molar-refractivity contribution in [2.75, 3.05) is 6.54 Å². The number of carbonyl (C=O) groups is 2. The second kappa shape index (κ2) is 4.54. The van der Waals surface area contributed by atoms with Crippen LogP contribution in [0.25, 0.3) is 0 Å². The van der Waals surface area contributed by atoms with E-state index in [0.717, 1.165) is 6.42 Å². The largest absolute Gasteiger partial charge is 0.332 e. The number of aryl methyl sites for hydroxylation is 1. The van der Waals surface area contributed by atoms with E-state index in [1.807, 2.05) is 13.8 Å². The number of pyridine rings is 1. The minimum Gasteiger partial charge on any atom is -0.332 e. The quantitative estimate of drug-likeness (QED) is 0.864. The summed E-state index contributed by atoms with van der Waals surface area (Å²) in [6.07, 6.45) is 1.92. The van der Waals surface area contributed by atoms with Gasteiger partial charge in [0.25, 0.3) is 11.5 Å². The van der Waals surface area contributed by atoms with Crippen LogP contribution in [0.15, 0.2) is 10.9 Å². The molecule has 1 aromatic heterocycles. The van der Waals surface area contributed by atoms with Crippen molar-refractivity contribution >= 4 is 11.7 Å². The molecule has 1 amide bonds. The number of nitrogens with one attached hydrogen (secondary N) is 1. The van der Waals surface area contributed by atoms with Crippen LogP contribution < -0.4 is 5.56 Å². The first-order valence-electron chi connectivity index (χ1n) is 7.76. The van der Waals surface area contributed by atoms with Crippen molar-refractivity contribution in [3.8, 4) is 0 Å². The van der Waals surface area contributed by atoms with Gasteiger partial charge in [0.2, 0.25) is 0 Å². The van der Waals surface area contributed by atoms with Crippen LogP contribution >= 0.6 is 0 Å². The van der Waals surface area contributed by atoms with Crippen molar-refractivity contribution in [2.24, 2.45) is 5.41 Å². The molecule has 2 aliphatic rings. The van der Waals surface area contributed by atoms with E-state index >= 15 is 0 Å². The van der Waals surface area contributed by atoms with Gasteiger partial charge in [-0.1, -0.05) is 13.8 Å². The Morgan fingerprint density at radius 3 is 2.45 bits per heavy atom. The maximum atomic E-state index is 12.7. The number of hydrogen-bond acceptors (Lipinski definition) is 3. The van der Waals surface area contributed by atoms with Crippen LogP contribution in [0.3, 0.4) is 0 Å². The highest BCUT2D eigenvalue weighted by Crippen LogP contribution is 2.46. The zero-order valence-corrected chi connectivity index (χ0v) is 13.6. The Balaban J connectivity index is 2.00. The van der Waals surface area contributed by atoms with Crippen molar-refractivity contribution in [3.05, 3.63) is 33.2 Å². The molecule has 0 radical (unpaired) electrons. The fourth-order valence-electron chi connectivity index (χ4n) is 3.27. The highest BCUT2D eigenvalue weighted by atomic mass is 16.2. The van der Waals surface area contributed by atoms with Crippen molar-refractivity contribution in [3.63, 3.8) is 0 Å². The van der Waals surface area contributed by atoms with Gasteiger partial charge in [0.05, 0.1) is 0 Å². The van der Waals surface area contributed by atoms with Gasteiger partial charge in [0, 0.05) is 35.2 Å². The Bertz CT molecular complexity index is 728. The first-order chi connectivity index (χ1) is 10.1. The van der Waals surface area contributed by atoms with Crippen molar-refractivity contribution < 1.29 is 9.59 Å². The Morgan fingerprint density at radius 1 is 1.18 bits per heavy atom. The van der Waals surface area contributed by atoms with Gasteiger partial charge >= 0.3 is 0 Å². The number of H-pyrrole nitrogens is 1. The number of amides is 1. The fourth-order valence-corrected chi connectivity index (χ4v) is 3.27. The van der Waals surface area contributed by atoms with E-state index in [1.165, 1.54) is 6.07 Å². The van der Waals surface area contributed by atoms with Gasteiger partial charge in [0.15, 0.2) is 5.78 Å². The molecule has 0 spiro atoms. The number of aromatic amines is 1. The zero-order chi connectivity index (χ0) is 16.3. The first-order valence-corrected chi connectivity index (χ1v) is 7.76. The highest BCUT2D eigenvalue weighted by Gasteiger charge is 2.54. The SMILES string of the molecule is CC1(C)CN(C(=O)c2cc3c([nH]c2=O)CCCC3=O)C1(C)C. The number of rotatable bonds is 1. The highest BCUT2D eigenvalue weighted by molar-refractivity contribution is 6.02. The van der Waals surface area contributed by atoms with Crippen LogP contribution in [0.2, 0.25) is 0 Å². The lowest BCUT2D eigenvalue weighted by Gasteiger charge is -2.61. The molecule has 0 bridgehead atoms. The van der Waals surface area contributed by atoms with E-state index in [4.69, 9.17) is 0 Å². The standard InChI is InChI=1S/C17H22N2O3/c1-16(2)9-19(17(16,3)4)15(22)11-8-10-12(18-14(11)21)6-5-7-13(10)20/h8H,5-7,9H2,1-4H3,(H,18,21). The summed E-state index contributed by atoms with van der Waals surface area (Å²) >= 11 is 0. The van der Waals surface area contributed by atoms with Crippen molar-refractivity contribution in [1.82, 2.24) is 9.88 Å². The monoisotopic (exact) mass is 302 g/mol. The summed E-state index contributed by atoms with van der Waals surface area (Å²) in [6.45, 7) is 8.84. The van der Waals surface area contributed by atoms with E-state index in [2.05, 4.69) is 18.8 Å². The Morgan fingerprint density at radius 2 is 1.86 bits per heavy atom. The number of fused-ring (bicyclic) bond motifs is 1. The molecule has 2 heterocycles. The van der Waals surface area contributed by atoms with Crippen molar-refractivity contribution in [2.45, 2.75) is 52.5 Å². The van der Waals surface area contributed by atoms with Crippen LogP contribution in [-0.2, 0) is 6.42 Å². The van der Waals surface area contributed by atoms with Crippen LogP contribution in [0.1, 0.15) is 66.9 Å². The predicted octanol–water partition coefficient (Wildman–Crippen LogP) is 2.15. The van der Waals surface area contributed by atoms with Crippen LogP contribution in [-0.4, -0.2) is 33.7 Å². The van der Waals surface area contributed by atoms with Gasteiger partial charge in [-0.25, -0.2) is 0 Å². The zero-order valence-electron chi connectivity index (χ0n) is 13.6. The van der Waals surface area contributed by atoms with Gasteiger partial charge in [-0.2, -0.15) is 0 Å². The van der Waals surface area contributed by atoms with E-state index in [0.29, 0.717) is 30.6 Å². The second-order valence-electron chi connectivity index (χ2n) is 7.52. The molecule has 1 aromatic rings. The van der Waals surface area contributed by atoms with Crippen LogP contribution in [0.4, 0.5) is 0 Å². The molecule has 1 N–H and O–H groups in total. The summed E-state index contributed by atoms with van der Waals surface area (Å²) in [7, 11) is 0. The summed E-state index contributed by atoms with van der Waals surface area (Å²) in [4.78, 5) is 41.4. The third kappa shape index (κ3) is 1.95. The Labute approximate surface area is 129 Å². The van der Waals surface area contributed by atoms with E-state index in [9.17, 15) is 14.4 Å². The van der Waals surface area contributed by atoms with Crippen LogP contribution in [0, 0.1) is 5.41 Å². The maximum Gasteiger partial charge on any atom is 0.261 e. The molecule has 118 valence electrons. The Hall–Kier alpha value is -1.91. The normalized spacial score (nSPS) is 22.0. The molecule has 5 heteroatoms. The van der Waals surface area contributed by atoms with E-state index < -0.39 is 0 Å². The number of aromatic nitrogens is 1. The summed E-state index contributed by atoms with van der Waals surface area (Å²) < 4.78 is 0. The molecule has 0 aromatic carbocycles. The van der Waals surface area contributed by atoms with Crippen LogP contribution in [0.5, 0.6) is 0 Å². The number of carbonyl (C=O) groups excluding carboxylic acids is 2. The molecule has 1 aliphatic carbocycles. The molecule has 0 atom stereocenters. The molecule has 1 fully saturated rings. The smallest absolute Gasteiger partial charge is 0.261 e. The predicted molar refractivity (Wildman–Crippen MR) is 83.2 cm³/mol. The minimum atomic E-state index is -0.390. The summed E-state index contributed by atoms with van der Waals surface area (Å²) in [5.41, 5.74) is 0.569. The molecule has 3 rings (SSSR count). The molecule has 0 unspecified atom stereocenters. The Kier molecular flexibility index (Phi) is 3.10. The third-order valence-electron chi connectivity index (χ3n) is 5.61. The first kappa shape index (κ1) is 15.0. The molecule has 1 aliphatic heterocycles. The van der Waals surface area contributed by atoms with Gasteiger partial charge in [0.1, 0.15) is 5.56 Å². The van der Waals surface area contributed by atoms with Gasteiger partial charge in [-0.05, 0) is 32.8 Å². The number of nitrogens with zero attached hydrogens (tertiary/aromatic N) is 1. The third-order valence-corrected chi connectivity index (χ3v) is 5.61. The van der Waals surface area contributed by atoms with Gasteiger partial charge in [-0.3, -0.25) is 14.4 Å². The lowest BCUT2D eigenvalue weighted by atomic mass is 9.65. The summed E-state index contributed by atoms with van der Waals surface area (Å²) in [6, 6.07) is 1.50. The lowest BCUT2D eigenvalue weighted by Crippen LogP contribution is -2.71. The van der Waals surface area contributed by atoms with Gasteiger partial charge in [-0.15, -0.1) is 0 Å². The topological polar surface area (TPSA) is 70.2 Å². The molecule has 22 heavy (non-hydrogen) atoms. The average Bonchev–Trinajstić information content (AvgIpc) is 2.44. The summed E-state index contributed by atoms with van der Waals surface area (Å²) in [5.74, 6) is -0.276. The van der Waals surface area contributed by atoms with Gasteiger partial charge < -0.3 is 9.88 Å². The molecular weight excluding hydrogens is 280 g/mol. The second-order valence-corrected chi connectivity index (χ2v) is 7.52. The molecule has 5 nitrogen and oxygen atoms in total. The number of ketones is 1. The fraction of sp³-hybridized carbons (Fsp3) is 0.588.